The lowest BCUT2D eigenvalue weighted by atomic mass is 10.2. The SMILES string of the molecule is O=S(=O)(c1ccccc1)c1ccc(O)c2ncccc12. The fraction of sp³-hybridized carbons (Fsp3) is 0. The van der Waals surface area contributed by atoms with Crippen molar-refractivity contribution in [2.24, 2.45) is 0 Å². The van der Waals surface area contributed by atoms with Crippen molar-refractivity contribution in [1.29, 1.82) is 0 Å². The number of rotatable bonds is 2. The predicted molar refractivity (Wildman–Crippen MR) is 75.3 cm³/mol. The van der Waals surface area contributed by atoms with Gasteiger partial charge in [0.1, 0.15) is 11.3 Å². The Balaban J connectivity index is 2.34. The summed E-state index contributed by atoms with van der Waals surface area (Å²) >= 11 is 0. The third-order valence-electron chi connectivity index (χ3n) is 3.05. The van der Waals surface area contributed by atoms with Gasteiger partial charge in [0.25, 0.3) is 0 Å². The molecule has 20 heavy (non-hydrogen) atoms. The first kappa shape index (κ1) is 12.6. The molecule has 100 valence electrons. The molecule has 0 aliphatic heterocycles. The van der Waals surface area contributed by atoms with Crippen LogP contribution in [0.15, 0.2) is 70.6 Å². The molecule has 3 rings (SSSR count). The number of hydrogen-bond acceptors (Lipinski definition) is 4. The Kier molecular flexibility index (Phi) is 2.91. The highest BCUT2D eigenvalue weighted by Crippen LogP contribution is 2.31. The lowest BCUT2D eigenvalue weighted by Crippen LogP contribution is -2.02. The van der Waals surface area contributed by atoms with Gasteiger partial charge in [0.15, 0.2) is 0 Å². The fourth-order valence-corrected chi connectivity index (χ4v) is 3.56. The maximum atomic E-state index is 12.6. The number of aromatic nitrogens is 1. The number of phenols is 1. The Morgan fingerprint density at radius 3 is 2.40 bits per heavy atom. The largest absolute Gasteiger partial charge is 0.506 e. The highest BCUT2D eigenvalue weighted by Gasteiger charge is 2.21. The van der Waals surface area contributed by atoms with E-state index in [1.54, 1.807) is 42.5 Å². The van der Waals surface area contributed by atoms with E-state index in [9.17, 15) is 13.5 Å². The molecule has 0 saturated carbocycles. The molecule has 0 unspecified atom stereocenters. The van der Waals surface area contributed by atoms with E-state index < -0.39 is 9.84 Å². The van der Waals surface area contributed by atoms with Crippen LogP contribution < -0.4 is 0 Å². The van der Waals surface area contributed by atoms with E-state index >= 15 is 0 Å². The number of pyridine rings is 1. The lowest BCUT2D eigenvalue weighted by molar-refractivity contribution is 0.480. The van der Waals surface area contributed by atoms with E-state index in [4.69, 9.17) is 0 Å². The van der Waals surface area contributed by atoms with E-state index in [0.29, 0.717) is 5.39 Å². The Morgan fingerprint density at radius 1 is 0.900 bits per heavy atom. The molecular formula is C15H11NO3S. The van der Waals surface area contributed by atoms with Gasteiger partial charge in [-0.25, -0.2) is 8.42 Å². The number of sulfone groups is 1. The molecule has 0 aliphatic rings. The second kappa shape index (κ2) is 4.61. The summed E-state index contributed by atoms with van der Waals surface area (Å²) in [6.45, 7) is 0. The zero-order valence-corrected chi connectivity index (χ0v) is 11.2. The molecule has 2 aromatic carbocycles. The van der Waals surface area contributed by atoms with Crippen LogP contribution in [0.1, 0.15) is 0 Å². The molecule has 0 fully saturated rings. The zero-order valence-electron chi connectivity index (χ0n) is 10.4. The van der Waals surface area contributed by atoms with Crippen LogP contribution in [0.25, 0.3) is 10.9 Å². The van der Waals surface area contributed by atoms with Crippen molar-refractivity contribution in [2.75, 3.05) is 0 Å². The molecule has 0 amide bonds. The van der Waals surface area contributed by atoms with Crippen LogP contribution in [0.5, 0.6) is 5.75 Å². The Labute approximate surface area is 116 Å². The molecule has 0 radical (unpaired) electrons. The first-order valence-electron chi connectivity index (χ1n) is 5.97. The van der Waals surface area contributed by atoms with Crippen molar-refractivity contribution in [2.45, 2.75) is 9.79 Å². The second-order valence-corrected chi connectivity index (χ2v) is 6.22. The van der Waals surface area contributed by atoms with E-state index in [0.717, 1.165) is 0 Å². The molecule has 0 bridgehead atoms. The molecule has 5 heteroatoms. The molecule has 0 spiro atoms. The van der Waals surface area contributed by atoms with Gasteiger partial charge in [-0.15, -0.1) is 0 Å². The van der Waals surface area contributed by atoms with E-state index in [1.165, 1.54) is 18.3 Å². The third-order valence-corrected chi connectivity index (χ3v) is 4.88. The van der Waals surface area contributed by atoms with Gasteiger partial charge in [0.05, 0.1) is 9.79 Å². The van der Waals surface area contributed by atoms with E-state index in [1.807, 2.05) is 0 Å². The summed E-state index contributed by atoms with van der Waals surface area (Å²) in [5, 5.41) is 10.2. The standard InChI is InChI=1S/C15H11NO3S/c17-13-8-9-14(12-7-4-10-16-15(12)13)20(18,19)11-5-2-1-3-6-11/h1-10,17H. The van der Waals surface area contributed by atoms with Gasteiger partial charge in [-0.05, 0) is 36.4 Å². The van der Waals surface area contributed by atoms with Crippen LogP contribution in [0.4, 0.5) is 0 Å². The van der Waals surface area contributed by atoms with Crippen molar-refractivity contribution in [1.82, 2.24) is 4.98 Å². The van der Waals surface area contributed by atoms with Crippen molar-refractivity contribution in [3.63, 3.8) is 0 Å². The van der Waals surface area contributed by atoms with E-state index in [2.05, 4.69) is 4.98 Å². The molecule has 0 saturated heterocycles. The molecule has 3 aromatic rings. The summed E-state index contributed by atoms with van der Waals surface area (Å²) < 4.78 is 25.3. The summed E-state index contributed by atoms with van der Waals surface area (Å²) in [6, 6.07) is 14.2. The highest BCUT2D eigenvalue weighted by molar-refractivity contribution is 7.91. The van der Waals surface area contributed by atoms with Crippen LogP contribution in [0, 0.1) is 0 Å². The number of phenolic OH excluding ortho intramolecular Hbond substituents is 1. The van der Waals surface area contributed by atoms with Gasteiger partial charge in [0.2, 0.25) is 9.84 Å². The van der Waals surface area contributed by atoms with Gasteiger partial charge in [0, 0.05) is 11.6 Å². The third kappa shape index (κ3) is 1.92. The molecule has 1 aromatic heterocycles. The second-order valence-electron chi connectivity index (χ2n) is 4.30. The first-order chi connectivity index (χ1) is 9.60. The summed E-state index contributed by atoms with van der Waals surface area (Å²) in [6.07, 6.45) is 1.51. The number of hydrogen-bond donors (Lipinski definition) is 1. The Hall–Kier alpha value is -2.40. The van der Waals surface area contributed by atoms with Crippen LogP contribution >= 0.6 is 0 Å². The maximum Gasteiger partial charge on any atom is 0.207 e. The van der Waals surface area contributed by atoms with Crippen molar-refractivity contribution < 1.29 is 13.5 Å². The number of aromatic hydroxyl groups is 1. The van der Waals surface area contributed by atoms with Crippen molar-refractivity contribution >= 4 is 20.7 Å². The minimum absolute atomic E-state index is 0.0346. The Bertz CT molecular complexity index is 874. The summed E-state index contributed by atoms with van der Waals surface area (Å²) in [5.74, 6) is -0.0346. The summed E-state index contributed by atoms with van der Waals surface area (Å²) in [4.78, 5) is 4.40. The smallest absolute Gasteiger partial charge is 0.207 e. The van der Waals surface area contributed by atoms with Crippen LogP contribution in [-0.4, -0.2) is 18.5 Å². The fourth-order valence-electron chi connectivity index (χ4n) is 2.09. The number of nitrogens with zero attached hydrogens (tertiary/aromatic N) is 1. The van der Waals surface area contributed by atoms with Crippen LogP contribution in [0.3, 0.4) is 0 Å². The highest BCUT2D eigenvalue weighted by atomic mass is 32.2. The normalized spacial score (nSPS) is 11.6. The topological polar surface area (TPSA) is 67.3 Å². The predicted octanol–water partition coefficient (Wildman–Crippen LogP) is 2.77. The zero-order chi connectivity index (χ0) is 14.2. The Morgan fingerprint density at radius 2 is 1.65 bits per heavy atom. The van der Waals surface area contributed by atoms with Gasteiger partial charge < -0.3 is 5.11 Å². The van der Waals surface area contributed by atoms with Gasteiger partial charge in [-0.3, -0.25) is 4.98 Å². The number of benzene rings is 2. The lowest BCUT2D eigenvalue weighted by Gasteiger charge is -2.08. The van der Waals surface area contributed by atoms with Gasteiger partial charge in [-0.2, -0.15) is 0 Å². The average molecular weight is 285 g/mol. The molecule has 4 nitrogen and oxygen atoms in total. The molecular weight excluding hydrogens is 274 g/mol. The van der Waals surface area contributed by atoms with Gasteiger partial charge >= 0.3 is 0 Å². The molecule has 1 N–H and O–H groups in total. The number of fused-ring (bicyclic) bond motifs is 1. The minimum Gasteiger partial charge on any atom is -0.506 e. The quantitative estimate of drug-likeness (QED) is 0.786. The molecule has 0 aliphatic carbocycles. The van der Waals surface area contributed by atoms with Crippen molar-refractivity contribution in [3.05, 3.63) is 60.8 Å². The molecule has 1 heterocycles. The minimum atomic E-state index is -3.63. The summed E-state index contributed by atoms with van der Waals surface area (Å²) in [5.41, 5.74) is 0.282. The monoisotopic (exact) mass is 285 g/mol. The average Bonchev–Trinajstić information content (AvgIpc) is 2.48. The maximum absolute atomic E-state index is 12.6. The van der Waals surface area contributed by atoms with Crippen LogP contribution in [0.2, 0.25) is 0 Å². The van der Waals surface area contributed by atoms with Gasteiger partial charge in [-0.1, -0.05) is 18.2 Å². The molecule has 0 atom stereocenters. The van der Waals surface area contributed by atoms with Crippen molar-refractivity contribution in [3.8, 4) is 5.75 Å². The van der Waals surface area contributed by atoms with E-state index in [-0.39, 0.29) is 21.1 Å². The van der Waals surface area contributed by atoms with Crippen LogP contribution in [-0.2, 0) is 9.84 Å². The summed E-state index contributed by atoms with van der Waals surface area (Å²) in [7, 11) is -3.63. The first-order valence-corrected chi connectivity index (χ1v) is 7.46.